The number of aromatic nitrogens is 1. The topological polar surface area (TPSA) is 11.4 Å². The Balaban J connectivity index is 0.00000275. The molecule has 2 heterocycles. The molecule has 0 fully saturated rings. The monoisotopic (exact) mass is 951 g/mol. The molecular formula is C71H57N3. The van der Waals surface area contributed by atoms with Gasteiger partial charge in [-0.15, -0.1) is 0 Å². The van der Waals surface area contributed by atoms with Crippen LogP contribution < -0.4 is 9.80 Å². The van der Waals surface area contributed by atoms with Gasteiger partial charge in [0, 0.05) is 50.3 Å². The lowest BCUT2D eigenvalue weighted by Crippen LogP contribution is -2.26. The van der Waals surface area contributed by atoms with Gasteiger partial charge >= 0.3 is 0 Å². The number of anilines is 6. The second kappa shape index (κ2) is 19.4. The van der Waals surface area contributed by atoms with Crippen molar-refractivity contribution in [1.82, 2.24) is 4.57 Å². The molecular weight excluding hydrogens is 895 g/mol. The highest BCUT2D eigenvalue weighted by atomic mass is 15.2. The van der Waals surface area contributed by atoms with Crippen LogP contribution in [0.15, 0.2) is 273 Å². The molecule has 0 N–H and O–H groups in total. The molecule has 0 aliphatic carbocycles. The summed E-state index contributed by atoms with van der Waals surface area (Å²) in [5.74, 6) is 0. The Bertz CT molecular complexity index is 3710. The first-order chi connectivity index (χ1) is 36.5. The molecule has 3 nitrogen and oxygen atoms in total. The number of para-hydroxylation sites is 1. The van der Waals surface area contributed by atoms with Gasteiger partial charge < -0.3 is 14.4 Å². The zero-order chi connectivity index (χ0) is 50.2. The fourth-order valence-corrected chi connectivity index (χ4v) is 11.1. The van der Waals surface area contributed by atoms with Crippen LogP contribution in [-0.2, 0) is 5.41 Å². The third-order valence-electron chi connectivity index (χ3n) is 14.8. The number of hydrogen-bond donors (Lipinski definition) is 0. The highest BCUT2D eigenvalue weighted by Crippen LogP contribution is 2.51. The van der Waals surface area contributed by atoms with Crippen molar-refractivity contribution in [2.24, 2.45) is 0 Å². The van der Waals surface area contributed by atoms with Crippen LogP contribution in [0.4, 0.5) is 34.1 Å². The zero-order valence-electron chi connectivity index (χ0n) is 42.3. The number of nitrogens with zero attached hydrogens (tertiary/aromatic N) is 3. The van der Waals surface area contributed by atoms with Crippen molar-refractivity contribution in [2.45, 2.75) is 33.1 Å². The fraction of sp³-hybridized carbons (Fsp3) is 0.0704. The first-order valence-electron chi connectivity index (χ1n) is 25.9. The minimum absolute atomic E-state index is 0.300. The van der Waals surface area contributed by atoms with E-state index in [1.165, 1.54) is 83.1 Å². The van der Waals surface area contributed by atoms with Crippen LogP contribution in [0.1, 0.15) is 38.8 Å². The van der Waals surface area contributed by atoms with Crippen LogP contribution in [0.3, 0.4) is 0 Å². The van der Waals surface area contributed by atoms with E-state index in [-0.39, 0.29) is 5.41 Å². The van der Waals surface area contributed by atoms with Crippen LogP contribution in [0.25, 0.3) is 72.0 Å². The molecule has 0 bridgehead atoms. The maximum Gasteiger partial charge on any atom is 0.0583 e. The Hall–Kier alpha value is -9.18. The van der Waals surface area contributed by atoms with Crippen LogP contribution in [0.2, 0.25) is 0 Å². The van der Waals surface area contributed by atoms with Gasteiger partial charge in [-0.25, -0.2) is 0 Å². The predicted octanol–water partition coefficient (Wildman–Crippen LogP) is 20.1. The molecule has 1 aliphatic heterocycles. The van der Waals surface area contributed by atoms with Gasteiger partial charge in [-0.3, -0.25) is 0 Å². The van der Waals surface area contributed by atoms with Crippen molar-refractivity contribution in [3.05, 3.63) is 284 Å². The first-order valence-corrected chi connectivity index (χ1v) is 25.9. The average molecular weight is 952 g/mol. The maximum absolute atomic E-state index is 2.52. The van der Waals surface area contributed by atoms with Gasteiger partial charge in [0.15, 0.2) is 0 Å². The van der Waals surface area contributed by atoms with Crippen molar-refractivity contribution in [3.63, 3.8) is 0 Å². The summed E-state index contributed by atoms with van der Waals surface area (Å²) in [5.41, 5.74) is 22.1. The lowest BCUT2D eigenvalue weighted by Gasteiger charge is -2.36. The molecule has 0 spiro atoms. The molecule has 356 valence electrons. The Morgan fingerprint density at radius 2 is 0.608 bits per heavy atom. The second-order valence-electron chi connectivity index (χ2n) is 19.4. The molecule has 0 saturated heterocycles. The van der Waals surface area contributed by atoms with E-state index in [1.807, 2.05) is 13.8 Å². The molecule has 1 aromatic heterocycles. The van der Waals surface area contributed by atoms with Gasteiger partial charge in [-0.05, 0) is 141 Å². The minimum atomic E-state index is -0.300. The van der Waals surface area contributed by atoms with E-state index in [2.05, 4.69) is 301 Å². The highest BCUT2D eigenvalue weighted by Gasteiger charge is 2.36. The lowest BCUT2D eigenvalue weighted by atomic mass is 9.74. The molecule has 74 heavy (non-hydrogen) atoms. The minimum Gasteiger partial charge on any atom is -0.310 e. The number of hydrogen-bond acceptors (Lipinski definition) is 2. The van der Waals surface area contributed by atoms with Gasteiger partial charge in [0.2, 0.25) is 0 Å². The Labute approximate surface area is 435 Å². The van der Waals surface area contributed by atoms with E-state index in [1.54, 1.807) is 0 Å². The Morgan fingerprint density at radius 1 is 0.284 bits per heavy atom. The molecule has 13 rings (SSSR count). The highest BCUT2D eigenvalue weighted by molar-refractivity contribution is 6.14. The summed E-state index contributed by atoms with van der Waals surface area (Å²) >= 11 is 0. The van der Waals surface area contributed by atoms with Gasteiger partial charge in [-0.1, -0.05) is 216 Å². The van der Waals surface area contributed by atoms with Gasteiger partial charge in [-0.2, -0.15) is 0 Å². The number of benzene rings is 11. The molecule has 1 aliphatic rings. The fourth-order valence-electron chi connectivity index (χ4n) is 11.1. The molecule has 12 aromatic rings. The summed E-state index contributed by atoms with van der Waals surface area (Å²) in [6.45, 7) is 8.79. The van der Waals surface area contributed by atoms with Gasteiger partial charge in [0.1, 0.15) is 0 Å². The first kappa shape index (κ1) is 45.9. The van der Waals surface area contributed by atoms with Crippen molar-refractivity contribution in [2.75, 3.05) is 9.80 Å². The quantitative estimate of drug-likeness (QED) is 0.135. The van der Waals surface area contributed by atoms with Crippen LogP contribution >= 0.6 is 0 Å². The third-order valence-corrected chi connectivity index (χ3v) is 14.8. The Morgan fingerprint density at radius 3 is 1.01 bits per heavy atom. The maximum atomic E-state index is 2.52. The molecule has 0 radical (unpaired) electrons. The molecule has 0 amide bonds. The van der Waals surface area contributed by atoms with Crippen LogP contribution in [0.5, 0.6) is 0 Å². The Kier molecular flexibility index (Phi) is 12.1. The van der Waals surface area contributed by atoms with E-state index >= 15 is 0 Å². The molecule has 0 unspecified atom stereocenters. The number of fused-ring (bicyclic) bond motifs is 5. The van der Waals surface area contributed by atoms with Crippen LogP contribution in [-0.4, -0.2) is 4.57 Å². The lowest BCUT2D eigenvalue weighted by molar-refractivity contribution is 0.630. The summed E-state index contributed by atoms with van der Waals surface area (Å²) < 4.78 is 2.52. The smallest absolute Gasteiger partial charge is 0.0583 e. The SMILES string of the molecule is CC.CC1(C)c2ccccc2-n2c3ccc(N(c4ccc(-c5ccccc5)cc4)c4ccc(-c5ccccc5)cc4)cc3c3cc(N(c4ccc(-c5ccccc5)cc4)c4ccc(-c5ccccc5)cc4)cc1c32. The normalized spacial score (nSPS) is 12.2. The van der Waals surface area contributed by atoms with Crippen molar-refractivity contribution in [3.8, 4) is 50.2 Å². The zero-order valence-corrected chi connectivity index (χ0v) is 42.3. The van der Waals surface area contributed by atoms with Crippen molar-refractivity contribution < 1.29 is 0 Å². The molecule has 0 saturated carbocycles. The largest absolute Gasteiger partial charge is 0.310 e. The third kappa shape index (κ3) is 8.23. The van der Waals surface area contributed by atoms with E-state index in [0.29, 0.717) is 0 Å². The molecule has 3 heteroatoms. The van der Waals surface area contributed by atoms with E-state index in [4.69, 9.17) is 0 Å². The average Bonchev–Trinajstić information content (AvgIpc) is 3.82. The number of rotatable bonds is 10. The molecule has 0 atom stereocenters. The summed E-state index contributed by atoms with van der Waals surface area (Å²) in [6.07, 6.45) is 0. The van der Waals surface area contributed by atoms with Crippen LogP contribution in [0, 0.1) is 0 Å². The van der Waals surface area contributed by atoms with Crippen molar-refractivity contribution in [1.29, 1.82) is 0 Å². The van der Waals surface area contributed by atoms with Gasteiger partial charge in [0.05, 0.1) is 16.7 Å². The summed E-state index contributed by atoms with van der Waals surface area (Å²) in [6, 6.07) is 99.6. The van der Waals surface area contributed by atoms with Gasteiger partial charge in [0.25, 0.3) is 0 Å². The summed E-state index contributed by atoms with van der Waals surface area (Å²) in [5, 5.41) is 2.41. The van der Waals surface area contributed by atoms with E-state index in [0.717, 1.165) is 34.1 Å². The predicted molar refractivity (Wildman–Crippen MR) is 315 cm³/mol. The summed E-state index contributed by atoms with van der Waals surface area (Å²) in [7, 11) is 0. The second-order valence-corrected chi connectivity index (χ2v) is 19.4. The summed E-state index contributed by atoms with van der Waals surface area (Å²) in [4.78, 5) is 4.85. The van der Waals surface area contributed by atoms with Crippen molar-refractivity contribution >= 4 is 55.9 Å². The molecule has 11 aromatic carbocycles. The van der Waals surface area contributed by atoms with E-state index < -0.39 is 0 Å². The van der Waals surface area contributed by atoms with E-state index in [9.17, 15) is 0 Å². The standard InChI is InChI=1S/C69H51N3.C2H6/c1-69(2)64-25-15-16-26-67(64)72-66-44-43-60(70(56-35-27-52(28-36-56)48-17-7-3-8-18-48)57-37-29-53(30-38-57)49-19-9-4-10-20-49)45-62(66)63-46-61(47-65(69)68(63)72)71(58-39-31-54(32-40-58)50-21-11-5-12-22-50)59-41-33-55(34-42-59)51-23-13-6-14-24-51;1-2/h3-47H,1-2H3;1-2H3.